The number of hydroxylamine groups is 2. The van der Waals surface area contributed by atoms with Crippen molar-refractivity contribution in [3.63, 3.8) is 0 Å². The topological polar surface area (TPSA) is 32.8 Å². The van der Waals surface area contributed by atoms with Gasteiger partial charge in [0.15, 0.2) is 6.10 Å². The van der Waals surface area contributed by atoms with Crippen molar-refractivity contribution in [1.82, 2.24) is 9.96 Å². The normalized spacial score (nSPS) is 31.8. The minimum absolute atomic E-state index is 0.172. The van der Waals surface area contributed by atoms with E-state index in [-0.39, 0.29) is 17.9 Å². The minimum Gasteiger partial charge on any atom is -0.340 e. The molecule has 3 aliphatic rings. The molecule has 0 saturated carbocycles. The molecule has 0 aliphatic carbocycles. The van der Waals surface area contributed by atoms with Crippen LogP contribution in [0.15, 0.2) is 30.3 Å². The zero-order valence-corrected chi connectivity index (χ0v) is 13.7. The van der Waals surface area contributed by atoms with Gasteiger partial charge in [-0.1, -0.05) is 36.8 Å². The van der Waals surface area contributed by atoms with E-state index >= 15 is 0 Å². The van der Waals surface area contributed by atoms with Crippen molar-refractivity contribution in [1.29, 1.82) is 0 Å². The number of benzene rings is 1. The number of fused-ring (bicyclic) bond motifs is 1. The SMILES string of the molecule is O=C([C@H]1ON2CCCC[C@H]2[C@@H]1c1ccccc1)N1CCCCC1. The van der Waals surface area contributed by atoms with Gasteiger partial charge >= 0.3 is 0 Å². The third-order valence-corrected chi connectivity index (χ3v) is 5.58. The highest BCUT2D eigenvalue weighted by molar-refractivity contribution is 5.82. The van der Waals surface area contributed by atoms with Crippen molar-refractivity contribution in [2.75, 3.05) is 19.6 Å². The van der Waals surface area contributed by atoms with Crippen LogP contribution in [0, 0.1) is 0 Å². The summed E-state index contributed by atoms with van der Waals surface area (Å²) in [7, 11) is 0. The van der Waals surface area contributed by atoms with Gasteiger partial charge in [0.05, 0.1) is 0 Å². The van der Waals surface area contributed by atoms with E-state index in [1.807, 2.05) is 11.0 Å². The second kappa shape index (κ2) is 6.62. The molecule has 3 heterocycles. The lowest BCUT2D eigenvalue weighted by atomic mass is 9.83. The maximum atomic E-state index is 13.1. The Morgan fingerprint density at radius 3 is 2.48 bits per heavy atom. The van der Waals surface area contributed by atoms with Gasteiger partial charge in [0.1, 0.15) is 0 Å². The number of amides is 1. The summed E-state index contributed by atoms with van der Waals surface area (Å²) in [6.07, 6.45) is 6.69. The van der Waals surface area contributed by atoms with E-state index in [1.165, 1.54) is 24.8 Å². The fourth-order valence-electron chi connectivity index (χ4n) is 4.40. The lowest BCUT2D eigenvalue weighted by Crippen LogP contribution is -2.44. The van der Waals surface area contributed by atoms with Gasteiger partial charge in [-0.2, -0.15) is 5.06 Å². The van der Waals surface area contributed by atoms with E-state index in [0.717, 1.165) is 38.9 Å². The molecule has 1 aromatic carbocycles. The van der Waals surface area contributed by atoms with Gasteiger partial charge in [-0.25, -0.2) is 0 Å². The lowest BCUT2D eigenvalue weighted by Gasteiger charge is -2.31. The second-order valence-corrected chi connectivity index (χ2v) is 7.05. The fraction of sp³-hybridized carbons (Fsp3) is 0.632. The Balaban J connectivity index is 1.61. The number of piperidine rings is 2. The summed E-state index contributed by atoms with van der Waals surface area (Å²) in [5.74, 6) is 0.374. The molecular formula is C19H26N2O2. The van der Waals surface area contributed by atoms with Gasteiger partial charge < -0.3 is 4.90 Å². The van der Waals surface area contributed by atoms with E-state index in [4.69, 9.17) is 4.84 Å². The van der Waals surface area contributed by atoms with Crippen molar-refractivity contribution < 1.29 is 9.63 Å². The standard InChI is InChI=1S/C19H26N2O2/c22-19(20-12-6-2-7-13-20)18-17(15-9-3-1-4-10-15)16-11-5-8-14-21(16)23-18/h1,3-4,9-10,16-18H,2,5-8,11-14H2/t16-,17-,18-/m0/s1. The van der Waals surface area contributed by atoms with E-state index in [1.54, 1.807) is 0 Å². The average Bonchev–Trinajstić information content (AvgIpc) is 3.02. The molecule has 3 aliphatic heterocycles. The third-order valence-electron chi connectivity index (χ3n) is 5.58. The van der Waals surface area contributed by atoms with Gasteiger partial charge in [0, 0.05) is 31.6 Å². The first-order valence-corrected chi connectivity index (χ1v) is 9.12. The van der Waals surface area contributed by atoms with Crippen molar-refractivity contribution >= 4 is 5.91 Å². The van der Waals surface area contributed by atoms with Crippen LogP contribution in [0.4, 0.5) is 0 Å². The highest BCUT2D eigenvalue weighted by Crippen LogP contribution is 2.41. The molecule has 1 aromatic rings. The molecule has 23 heavy (non-hydrogen) atoms. The Bertz CT molecular complexity index is 542. The summed E-state index contributed by atoms with van der Waals surface area (Å²) in [5, 5.41) is 2.10. The van der Waals surface area contributed by atoms with E-state index < -0.39 is 0 Å². The maximum absolute atomic E-state index is 13.1. The predicted octanol–water partition coefficient (Wildman–Crippen LogP) is 2.95. The number of carbonyl (C=O) groups is 1. The van der Waals surface area contributed by atoms with Gasteiger partial charge in [0.25, 0.3) is 5.91 Å². The number of nitrogens with zero attached hydrogens (tertiary/aromatic N) is 2. The van der Waals surface area contributed by atoms with Crippen LogP contribution in [-0.4, -0.2) is 47.7 Å². The summed E-state index contributed by atoms with van der Waals surface area (Å²) in [6, 6.07) is 10.8. The molecule has 0 radical (unpaired) electrons. The molecule has 124 valence electrons. The molecule has 0 spiro atoms. The minimum atomic E-state index is -0.335. The molecule has 4 rings (SSSR count). The molecule has 3 fully saturated rings. The molecule has 0 aromatic heterocycles. The van der Waals surface area contributed by atoms with Crippen LogP contribution >= 0.6 is 0 Å². The first kappa shape index (κ1) is 15.2. The Morgan fingerprint density at radius 2 is 1.70 bits per heavy atom. The van der Waals surface area contributed by atoms with Gasteiger partial charge in [-0.3, -0.25) is 9.63 Å². The van der Waals surface area contributed by atoms with Gasteiger partial charge in [0.2, 0.25) is 0 Å². The number of hydrogen-bond acceptors (Lipinski definition) is 3. The molecule has 1 amide bonds. The molecule has 0 N–H and O–H groups in total. The van der Waals surface area contributed by atoms with E-state index in [0.29, 0.717) is 6.04 Å². The Morgan fingerprint density at radius 1 is 0.957 bits per heavy atom. The highest BCUT2D eigenvalue weighted by atomic mass is 16.7. The first-order chi connectivity index (χ1) is 11.3. The molecule has 3 saturated heterocycles. The second-order valence-electron chi connectivity index (χ2n) is 7.05. The quantitative estimate of drug-likeness (QED) is 0.841. The lowest BCUT2D eigenvalue weighted by molar-refractivity contribution is -0.186. The molecule has 0 bridgehead atoms. The van der Waals surface area contributed by atoms with Crippen molar-refractivity contribution in [2.24, 2.45) is 0 Å². The van der Waals surface area contributed by atoms with Crippen molar-refractivity contribution in [3.05, 3.63) is 35.9 Å². The van der Waals surface area contributed by atoms with Crippen molar-refractivity contribution in [3.8, 4) is 0 Å². The van der Waals surface area contributed by atoms with Crippen LogP contribution in [0.25, 0.3) is 0 Å². The Hall–Kier alpha value is -1.39. The predicted molar refractivity (Wildman–Crippen MR) is 88.8 cm³/mol. The number of hydrogen-bond donors (Lipinski definition) is 0. The van der Waals surface area contributed by atoms with Crippen LogP contribution in [0.1, 0.15) is 50.0 Å². The summed E-state index contributed by atoms with van der Waals surface area (Å²) in [4.78, 5) is 21.3. The highest BCUT2D eigenvalue weighted by Gasteiger charge is 2.49. The van der Waals surface area contributed by atoms with Crippen LogP contribution in [0.3, 0.4) is 0 Å². The summed E-state index contributed by atoms with van der Waals surface area (Å²) >= 11 is 0. The average molecular weight is 314 g/mol. The fourth-order valence-corrected chi connectivity index (χ4v) is 4.40. The zero-order valence-electron chi connectivity index (χ0n) is 13.7. The molecular weight excluding hydrogens is 288 g/mol. The third kappa shape index (κ3) is 2.90. The van der Waals surface area contributed by atoms with Crippen LogP contribution in [0.2, 0.25) is 0 Å². The van der Waals surface area contributed by atoms with Gasteiger partial charge in [-0.15, -0.1) is 0 Å². The number of rotatable bonds is 2. The maximum Gasteiger partial charge on any atom is 0.254 e. The summed E-state index contributed by atoms with van der Waals surface area (Å²) in [5.41, 5.74) is 1.25. The van der Waals surface area contributed by atoms with E-state index in [9.17, 15) is 4.79 Å². The summed E-state index contributed by atoms with van der Waals surface area (Å²) < 4.78 is 0. The zero-order chi connectivity index (χ0) is 15.6. The largest absolute Gasteiger partial charge is 0.340 e. The molecule has 0 unspecified atom stereocenters. The number of likely N-dealkylation sites (tertiary alicyclic amines) is 1. The first-order valence-electron chi connectivity index (χ1n) is 9.12. The smallest absolute Gasteiger partial charge is 0.254 e. The summed E-state index contributed by atoms with van der Waals surface area (Å²) in [6.45, 7) is 2.74. The molecule has 3 atom stereocenters. The Kier molecular flexibility index (Phi) is 4.36. The Labute approximate surface area is 138 Å². The number of carbonyl (C=O) groups excluding carboxylic acids is 1. The monoisotopic (exact) mass is 314 g/mol. The van der Waals surface area contributed by atoms with Crippen LogP contribution in [-0.2, 0) is 9.63 Å². The van der Waals surface area contributed by atoms with Crippen molar-refractivity contribution in [2.45, 2.75) is 56.6 Å². The molecule has 4 nitrogen and oxygen atoms in total. The van der Waals surface area contributed by atoms with Gasteiger partial charge in [-0.05, 0) is 37.7 Å². The van der Waals surface area contributed by atoms with Crippen LogP contribution in [0.5, 0.6) is 0 Å². The van der Waals surface area contributed by atoms with Crippen LogP contribution < -0.4 is 0 Å². The van der Waals surface area contributed by atoms with E-state index in [2.05, 4.69) is 29.3 Å². The molecule has 4 heteroatoms.